The van der Waals surface area contributed by atoms with Crippen molar-refractivity contribution in [2.45, 2.75) is 43.7 Å². The van der Waals surface area contributed by atoms with Crippen LogP contribution in [0.4, 0.5) is 36.2 Å². The summed E-state index contributed by atoms with van der Waals surface area (Å²) in [6.45, 7) is 5.45. The lowest BCUT2D eigenvalue weighted by Crippen LogP contribution is -2.42. The number of nitrogens with zero attached hydrogens (tertiary/aromatic N) is 5. The molecule has 40 heavy (non-hydrogen) atoms. The number of aromatic nitrogens is 2. The highest BCUT2D eigenvalue weighted by atomic mass is 32.2. The van der Waals surface area contributed by atoms with Gasteiger partial charge in [-0.05, 0) is 71.1 Å². The first kappa shape index (κ1) is 28.2. The van der Waals surface area contributed by atoms with Gasteiger partial charge in [0.25, 0.3) is 0 Å². The smallest absolute Gasteiger partial charge is 0.227 e. The number of piperidine rings is 1. The van der Waals surface area contributed by atoms with Crippen molar-refractivity contribution in [3.8, 4) is 11.3 Å². The van der Waals surface area contributed by atoms with E-state index in [1.54, 1.807) is 17.0 Å². The molecule has 0 atom stereocenters. The normalized spacial score (nSPS) is 17.4. The van der Waals surface area contributed by atoms with Gasteiger partial charge >= 0.3 is 0 Å². The van der Waals surface area contributed by atoms with Crippen LogP contribution in [-0.2, 0) is 9.84 Å². The Bertz CT molecular complexity index is 1520. The van der Waals surface area contributed by atoms with Gasteiger partial charge in [0.1, 0.15) is 22.2 Å². The minimum Gasteiger partial charge on any atom is -0.369 e. The number of rotatable bonds is 6. The molecule has 0 unspecified atom stereocenters. The van der Waals surface area contributed by atoms with Gasteiger partial charge in [0, 0.05) is 43.0 Å². The van der Waals surface area contributed by atoms with E-state index in [1.807, 2.05) is 18.7 Å². The maximum absolute atomic E-state index is 15.2. The first-order valence-electron chi connectivity index (χ1n) is 13.3. The third kappa shape index (κ3) is 5.46. The summed E-state index contributed by atoms with van der Waals surface area (Å²) in [5.41, 5.74) is 0.931. The standard InChI is InChI=1S/C28H33F3N6O2S/c1-17(2)37-11-12-40(38,39)27-22(30)13-18(14-25(27)37)26-23(31)16-32-28(34-26)33-19-5-6-24(21(29)15-19)36-9-7-20(8-10-36)35(3)4/h5-6,13-17,20H,7-12H2,1-4H3,(H,32,33,34). The van der Waals surface area contributed by atoms with Gasteiger partial charge in [-0.3, -0.25) is 0 Å². The fourth-order valence-electron chi connectivity index (χ4n) is 5.44. The SMILES string of the molecule is CC(C)N1CCS(=O)(=O)c2c(F)cc(-c3nc(Nc4ccc(N5CCC(N(C)C)CC5)c(F)c4)ncc3F)cc21. The van der Waals surface area contributed by atoms with Crippen LogP contribution < -0.4 is 15.1 Å². The van der Waals surface area contributed by atoms with Gasteiger partial charge in [0.15, 0.2) is 15.7 Å². The van der Waals surface area contributed by atoms with E-state index in [2.05, 4.69) is 34.3 Å². The molecule has 3 heterocycles. The van der Waals surface area contributed by atoms with Crippen molar-refractivity contribution in [3.63, 3.8) is 0 Å². The molecule has 1 fully saturated rings. The first-order chi connectivity index (χ1) is 18.9. The number of halogens is 3. The molecular formula is C28H33F3N6O2S. The minimum absolute atomic E-state index is 0.0122. The number of sulfone groups is 1. The highest BCUT2D eigenvalue weighted by molar-refractivity contribution is 7.91. The molecule has 1 N–H and O–H groups in total. The lowest BCUT2D eigenvalue weighted by Gasteiger charge is -2.36. The third-order valence-corrected chi connectivity index (χ3v) is 9.37. The van der Waals surface area contributed by atoms with Crippen LogP contribution in [0, 0.1) is 17.5 Å². The summed E-state index contributed by atoms with van der Waals surface area (Å²) in [6, 6.07) is 7.52. The molecule has 0 spiro atoms. The van der Waals surface area contributed by atoms with Crippen LogP contribution in [0.15, 0.2) is 41.4 Å². The quantitative estimate of drug-likeness (QED) is 0.448. The zero-order chi connectivity index (χ0) is 28.8. The van der Waals surface area contributed by atoms with Crippen molar-refractivity contribution < 1.29 is 21.6 Å². The Kier molecular flexibility index (Phi) is 7.66. The fraction of sp³-hybridized carbons (Fsp3) is 0.429. The molecule has 2 aromatic carbocycles. The summed E-state index contributed by atoms with van der Waals surface area (Å²) in [4.78, 5) is 13.8. The Morgan fingerprint density at radius 2 is 1.70 bits per heavy atom. The molecule has 5 rings (SSSR count). The highest BCUT2D eigenvalue weighted by Gasteiger charge is 2.34. The second-order valence-corrected chi connectivity index (χ2v) is 12.8. The molecular weight excluding hydrogens is 541 g/mol. The lowest BCUT2D eigenvalue weighted by atomic mass is 10.0. The van der Waals surface area contributed by atoms with E-state index in [0.29, 0.717) is 17.4 Å². The van der Waals surface area contributed by atoms with Crippen LogP contribution in [0.2, 0.25) is 0 Å². The lowest BCUT2D eigenvalue weighted by molar-refractivity contribution is 0.249. The monoisotopic (exact) mass is 574 g/mol. The summed E-state index contributed by atoms with van der Waals surface area (Å²) in [7, 11) is 0.289. The van der Waals surface area contributed by atoms with Gasteiger partial charge in [0.05, 0.1) is 23.3 Å². The summed E-state index contributed by atoms with van der Waals surface area (Å²) < 4.78 is 70.4. The molecule has 214 valence electrons. The Balaban J connectivity index is 1.41. The molecule has 1 aromatic heterocycles. The van der Waals surface area contributed by atoms with Gasteiger partial charge in [-0.15, -0.1) is 0 Å². The van der Waals surface area contributed by atoms with Gasteiger partial charge < -0.3 is 20.0 Å². The fourth-order valence-corrected chi connectivity index (χ4v) is 6.93. The van der Waals surface area contributed by atoms with Gasteiger partial charge in [-0.2, -0.15) is 0 Å². The van der Waals surface area contributed by atoms with Gasteiger partial charge in [-0.25, -0.2) is 31.6 Å². The Morgan fingerprint density at radius 3 is 2.35 bits per heavy atom. The molecule has 0 radical (unpaired) electrons. The Morgan fingerprint density at radius 1 is 0.975 bits per heavy atom. The van der Waals surface area contributed by atoms with E-state index in [4.69, 9.17) is 0 Å². The van der Waals surface area contributed by atoms with Crippen LogP contribution in [0.5, 0.6) is 0 Å². The molecule has 0 saturated carbocycles. The molecule has 3 aromatic rings. The average molecular weight is 575 g/mol. The van der Waals surface area contributed by atoms with Crippen molar-refractivity contribution in [1.29, 1.82) is 0 Å². The number of nitrogens with one attached hydrogen (secondary N) is 1. The van der Waals surface area contributed by atoms with Crippen molar-refractivity contribution in [3.05, 3.63) is 54.0 Å². The Hall–Kier alpha value is -3.38. The third-order valence-electron chi connectivity index (χ3n) is 7.63. The van der Waals surface area contributed by atoms with Crippen molar-refractivity contribution in [2.75, 3.05) is 54.6 Å². The van der Waals surface area contributed by atoms with E-state index < -0.39 is 27.3 Å². The van der Waals surface area contributed by atoms with E-state index in [1.165, 1.54) is 12.1 Å². The molecule has 0 bridgehead atoms. The largest absolute Gasteiger partial charge is 0.369 e. The zero-order valence-electron chi connectivity index (χ0n) is 23.0. The highest BCUT2D eigenvalue weighted by Crippen LogP contribution is 2.38. The van der Waals surface area contributed by atoms with Crippen LogP contribution in [0.25, 0.3) is 11.3 Å². The molecule has 12 heteroatoms. The number of hydrogen-bond donors (Lipinski definition) is 1. The average Bonchev–Trinajstić information content (AvgIpc) is 2.89. The molecule has 2 aliphatic rings. The minimum atomic E-state index is -3.82. The van der Waals surface area contributed by atoms with E-state index in [9.17, 15) is 12.8 Å². The Labute approximate surface area is 232 Å². The second kappa shape index (κ2) is 10.9. The van der Waals surface area contributed by atoms with Crippen LogP contribution >= 0.6 is 0 Å². The predicted molar refractivity (Wildman–Crippen MR) is 151 cm³/mol. The van der Waals surface area contributed by atoms with Crippen molar-refractivity contribution >= 4 is 32.8 Å². The predicted octanol–water partition coefficient (Wildman–Crippen LogP) is 4.84. The molecule has 0 aliphatic carbocycles. The molecule has 1 saturated heterocycles. The van der Waals surface area contributed by atoms with E-state index >= 15 is 8.78 Å². The number of anilines is 4. The molecule has 2 aliphatic heterocycles. The number of hydrogen-bond acceptors (Lipinski definition) is 8. The summed E-state index contributed by atoms with van der Waals surface area (Å²) >= 11 is 0. The number of fused-ring (bicyclic) bond motifs is 1. The van der Waals surface area contributed by atoms with E-state index in [0.717, 1.165) is 38.2 Å². The van der Waals surface area contributed by atoms with Crippen molar-refractivity contribution in [1.82, 2.24) is 14.9 Å². The van der Waals surface area contributed by atoms with Crippen LogP contribution in [-0.4, -0.2) is 74.9 Å². The van der Waals surface area contributed by atoms with Crippen molar-refractivity contribution in [2.24, 2.45) is 0 Å². The number of benzene rings is 2. The van der Waals surface area contributed by atoms with Gasteiger partial charge in [0.2, 0.25) is 5.95 Å². The van der Waals surface area contributed by atoms with Crippen LogP contribution in [0.3, 0.4) is 0 Å². The summed E-state index contributed by atoms with van der Waals surface area (Å²) in [5, 5.41) is 2.90. The van der Waals surface area contributed by atoms with E-state index in [-0.39, 0.29) is 46.1 Å². The van der Waals surface area contributed by atoms with Gasteiger partial charge in [-0.1, -0.05) is 0 Å². The first-order valence-corrected chi connectivity index (χ1v) is 14.9. The topological polar surface area (TPSA) is 81.7 Å². The molecule has 8 nitrogen and oxygen atoms in total. The second-order valence-electron chi connectivity index (χ2n) is 10.8. The van der Waals surface area contributed by atoms with Crippen LogP contribution in [0.1, 0.15) is 26.7 Å². The maximum Gasteiger partial charge on any atom is 0.227 e. The maximum atomic E-state index is 15.2. The zero-order valence-corrected chi connectivity index (χ0v) is 23.8. The molecule has 0 amide bonds. The summed E-state index contributed by atoms with van der Waals surface area (Å²) in [5.74, 6) is -2.38. The summed E-state index contributed by atoms with van der Waals surface area (Å²) in [6.07, 6.45) is 2.84.